The number of esters is 2. The molecule has 0 radical (unpaired) electrons. The molecule has 0 amide bonds. The molecule has 0 atom stereocenters. The molecular weight excluding hydrogens is 344 g/mol. The Morgan fingerprint density at radius 2 is 1.37 bits per heavy atom. The minimum absolute atomic E-state index is 0.163. The highest BCUT2D eigenvalue weighted by atomic mass is 16.5. The second kappa shape index (κ2) is 7.82. The molecule has 3 aromatic rings. The lowest BCUT2D eigenvalue weighted by Gasteiger charge is -2.12. The van der Waals surface area contributed by atoms with Crippen LogP contribution < -0.4 is 0 Å². The van der Waals surface area contributed by atoms with Crippen molar-refractivity contribution >= 4 is 33.9 Å². The fraction of sp³-hybridized carbons (Fsp3) is 0.364. The zero-order valence-electron chi connectivity index (χ0n) is 16.1. The van der Waals surface area contributed by atoms with Crippen molar-refractivity contribution in [3.63, 3.8) is 0 Å². The second-order valence-corrected chi connectivity index (χ2v) is 7.48. The van der Waals surface area contributed by atoms with E-state index in [1.54, 1.807) is 12.1 Å². The van der Waals surface area contributed by atoms with Crippen LogP contribution in [0.25, 0.3) is 21.9 Å². The molecule has 0 aliphatic rings. The Labute approximate surface area is 158 Å². The number of hydrogen-bond donors (Lipinski definition) is 0. The molecule has 142 valence electrons. The Bertz CT molecular complexity index is 981. The van der Waals surface area contributed by atoms with E-state index in [9.17, 15) is 9.59 Å². The molecule has 0 aliphatic carbocycles. The summed E-state index contributed by atoms with van der Waals surface area (Å²) in [5.74, 6) is -0.695. The van der Waals surface area contributed by atoms with Gasteiger partial charge in [-0.2, -0.15) is 0 Å². The van der Waals surface area contributed by atoms with E-state index in [0.29, 0.717) is 11.2 Å². The van der Waals surface area contributed by atoms with Gasteiger partial charge in [0.15, 0.2) is 0 Å². The van der Waals surface area contributed by atoms with Gasteiger partial charge in [0.25, 0.3) is 0 Å². The third-order valence-corrected chi connectivity index (χ3v) is 4.05. The van der Waals surface area contributed by atoms with Gasteiger partial charge in [-0.1, -0.05) is 45.9 Å². The number of para-hydroxylation sites is 1. The molecule has 0 fully saturated rings. The van der Waals surface area contributed by atoms with Crippen LogP contribution in [0, 0.1) is 11.8 Å². The standard InChI is InChI=1S/C22H24O5/c1-13(2)11-25-21(23)17-9-16-15-7-5-6-8-19(15)27-20(16)10-18(17)22(24)26-12-14(3)4/h5-10,13-14H,11-12H2,1-4H3. The van der Waals surface area contributed by atoms with Crippen molar-refractivity contribution in [3.8, 4) is 0 Å². The van der Waals surface area contributed by atoms with Crippen LogP contribution in [0.15, 0.2) is 40.8 Å². The summed E-state index contributed by atoms with van der Waals surface area (Å²) in [6.45, 7) is 8.37. The Kier molecular flexibility index (Phi) is 5.49. The monoisotopic (exact) mass is 368 g/mol. The molecule has 2 aromatic carbocycles. The highest BCUT2D eigenvalue weighted by Crippen LogP contribution is 2.31. The lowest BCUT2D eigenvalue weighted by atomic mass is 10.0. The lowest BCUT2D eigenvalue weighted by Crippen LogP contribution is -2.17. The van der Waals surface area contributed by atoms with Crippen LogP contribution in [0.3, 0.4) is 0 Å². The van der Waals surface area contributed by atoms with Crippen molar-refractivity contribution < 1.29 is 23.5 Å². The van der Waals surface area contributed by atoms with Crippen LogP contribution in [-0.2, 0) is 9.47 Å². The summed E-state index contributed by atoms with van der Waals surface area (Å²) in [5.41, 5.74) is 1.59. The number of ether oxygens (including phenoxy) is 2. The van der Waals surface area contributed by atoms with E-state index in [2.05, 4.69) is 0 Å². The van der Waals surface area contributed by atoms with Crippen LogP contribution >= 0.6 is 0 Å². The Morgan fingerprint density at radius 3 is 1.96 bits per heavy atom. The summed E-state index contributed by atoms with van der Waals surface area (Å²) in [4.78, 5) is 25.3. The summed E-state index contributed by atoms with van der Waals surface area (Å²) in [5, 5.41) is 1.65. The molecule has 0 saturated carbocycles. The van der Waals surface area contributed by atoms with Gasteiger partial charge in [-0.05, 0) is 30.0 Å². The molecule has 0 N–H and O–H groups in total. The normalized spacial score (nSPS) is 11.5. The number of carbonyl (C=O) groups is 2. The van der Waals surface area contributed by atoms with Gasteiger partial charge in [0, 0.05) is 10.8 Å². The van der Waals surface area contributed by atoms with Gasteiger partial charge in [-0.15, -0.1) is 0 Å². The van der Waals surface area contributed by atoms with E-state index < -0.39 is 11.9 Å². The van der Waals surface area contributed by atoms with Gasteiger partial charge >= 0.3 is 11.9 Å². The minimum Gasteiger partial charge on any atom is -0.462 e. The van der Waals surface area contributed by atoms with Crippen molar-refractivity contribution in [2.45, 2.75) is 27.7 Å². The van der Waals surface area contributed by atoms with Crippen LogP contribution in [0.1, 0.15) is 48.4 Å². The Hall–Kier alpha value is -2.82. The molecule has 27 heavy (non-hydrogen) atoms. The minimum atomic E-state index is -0.553. The van der Waals surface area contributed by atoms with Crippen LogP contribution in [0.5, 0.6) is 0 Å². The predicted molar refractivity (Wildman–Crippen MR) is 104 cm³/mol. The maximum absolute atomic E-state index is 12.7. The van der Waals surface area contributed by atoms with Gasteiger partial charge in [0.05, 0.1) is 24.3 Å². The van der Waals surface area contributed by atoms with Gasteiger partial charge in [0.2, 0.25) is 0 Å². The first-order valence-electron chi connectivity index (χ1n) is 9.16. The van der Waals surface area contributed by atoms with Crippen LogP contribution in [0.2, 0.25) is 0 Å². The van der Waals surface area contributed by atoms with E-state index in [1.807, 2.05) is 52.0 Å². The molecule has 0 unspecified atom stereocenters. The number of benzene rings is 2. The maximum atomic E-state index is 12.7. The Balaban J connectivity index is 2.09. The summed E-state index contributed by atoms with van der Waals surface area (Å²) in [7, 11) is 0. The Morgan fingerprint density at radius 1 is 0.815 bits per heavy atom. The van der Waals surface area contributed by atoms with Crippen LogP contribution in [0.4, 0.5) is 0 Å². The topological polar surface area (TPSA) is 65.7 Å². The molecule has 0 saturated heterocycles. The molecular formula is C22H24O5. The molecule has 3 rings (SSSR count). The largest absolute Gasteiger partial charge is 0.462 e. The number of carbonyl (C=O) groups excluding carboxylic acids is 2. The van der Waals surface area contributed by atoms with Gasteiger partial charge in [-0.3, -0.25) is 0 Å². The average Bonchev–Trinajstić information content (AvgIpc) is 3.00. The highest BCUT2D eigenvalue weighted by Gasteiger charge is 2.23. The molecule has 0 bridgehead atoms. The third kappa shape index (κ3) is 4.13. The zero-order chi connectivity index (χ0) is 19.6. The average molecular weight is 368 g/mol. The molecule has 0 spiro atoms. The summed E-state index contributed by atoms with van der Waals surface area (Å²) in [6, 6.07) is 10.8. The van der Waals surface area contributed by atoms with Crippen molar-refractivity contribution in [1.82, 2.24) is 0 Å². The van der Waals surface area contributed by atoms with E-state index in [0.717, 1.165) is 10.8 Å². The smallest absolute Gasteiger partial charge is 0.339 e. The fourth-order valence-electron chi connectivity index (χ4n) is 2.75. The fourth-order valence-corrected chi connectivity index (χ4v) is 2.75. The first-order chi connectivity index (χ1) is 12.9. The van der Waals surface area contributed by atoms with Crippen molar-refractivity contribution in [3.05, 3.63) is 47.5 Å². The van der Waals surface area contributed by atoms with Gasteiger partial charge < -0.3 is 13.9 Å². The van der Waals surface area contributed by atoms with Crippen molar-refractivity contribution in [2.75, 3.05) is 13.2 Å². The maximum Gasteiger partial charge on any atom is 0.339 e. The summed E-state index contributed by atoms with van der Waals surface area (Å²) >= 11 is 0. The second-order valence-electron chi connectivity index (χ2n) is 7.48. The van der Waals surface area contributed by atoms with Crippen LogP contribution in [-0.4, -0.2) is 25.2 Å². The molecule has 5 heteroatoms. The SMILES string of the molecule is CC(C)COC(=O)c1cc2oc3ccccc3c2cc1C(=O)OCC(C)C. The van der Waals surface area contributed by atoms with Gasteiger partial charge in [0.1, 0.15) is 11.2 Å². The molecule has 0 aliphatic heterocycles. The summed E-state index contributed by atoms with van der Waals surface area (Å²) < 4.78 is 16.5. The van der Waals surface area contributed by atoms with E-state index in [1.165, 1.54) is 0 Å². The van der Waals surface area contributed by atoms with Crippen molar-refractivity contribution in [2.24, 2.45) is 11.8 Å². The van der Waals surface area contributed by atoms with E-state index >= 15 is 0 Å². The zero-order valence-corrected chi connectivity index (χ0v) is 16.1. The molecule has 5 nitrogen and oxygen atoms in total. The predicted octanol–water partition coefficient (Wildman–Crippen LogP) is 5.21. The van der Waals surface area contributed by atoms with Gasteiger partial charge in [-0.25, -0.2) is 9.59 Å². The number of hydrogen-bond acceptors (Lipinski definition) is 5. The lowest BCUT2D eigenvalue weighted by molar-refractivity contribution is 0.0412. The quantitative estimate of drug-likeness (QED) is 0.559. The number of furan rings is 1. The summed E-state index contributed by atoms with van der Waals surface area (Å²) in [6.07, 6.45) is 0. The number of rotatable bonds is 6. The highest BCUT2D eigenvalue weighted by molar-refractivity contribution is 6.12. The third-order valence-electron chi connectivity index (χ3n) is 4.05. The molecule has 1 heterocycles. The first-order valence-corrected chi connectivity index (χ1v) is 9.16. The van der Waals surface area contributed by atoms with E-state index in [4.69, 9.17) is 13.9 Å². The first kappa shape index (κ1) is 19.0. The number of fused-ring (bicyclic) bond motifs is 3. The molecule has 1 aromatic heterocycles. The van der Waals surface area contributed by atoms with Crippen molar-refractivity contribution in [1.29, 1.82) is 0 Å². The van der Waals surface area contributed by atoms with E-state index in [-0.39, 0.29) is 36.2 Å².